The molecule has 1 aromatic carbocycles. The van der Waals surface area contributed by atoms with Gasteiger partial charge in [-0.3, -0.25) is 9.59 Å². The lowest BCUT2D eigenvalue weighted by atomic mass is 10.2. The van der Waals surface area contributed by atoms with E-state index in [1.165, 1.54) is 11.0 Å². The van der Waals surface area contributed by atoms with Crippen LogP contribution in [0, 0.1) is 0 Å². The molecule has 0 aliphatic carbocycles. The largest absolute Gasteiger partial charge is 0.493 e. The fourth-order valence-corrected chi connectivity index (χ4v) is 2.01. The van der Waals surface area contributed by atoms with Gasteiger partial charge in [-0.05, 0) is 37.6 Å². The Balaban J connectivity index is 2.71. The van der Waals surface area contributed by atoms with Gasteiger partial charge in [-0.25, -0.2) is 0 Å². The van der Waals surface area contributed by atoms with Crippen LogP contribution in [0.2, 0.25) is 0 Å². The number of nitrogens with one attached hydrogen (secondary N) is 1. The van der Waals surface area contributed by atoms with Crippen molar-refractivity contribution in [2.75, 3.05) is 27.3 Å². The maximum absolute atomic E-state index is 12.1. The van der Waals surface area contributed by atoms with Gasteiger partial charge in [-0.2, -0.15) is 0 Å². The summed E-state index contributed by atoms with van der Waals surface area (Å²) >= 11 is 0. The number of hydrogen-bond donors (Lipinski definition) is 1. The van der Waals surface area contributed by atoms with Crippen molar-refractivity contribution in [3.05, 3.63) is 42.5 Å². The number of likely N-dealkylation sites (N-methyl/N-ethyl adjacent to an activating group) is 1. The molecule has 25 heavy (non-hydrogen) atoms. The Bertz CT molecular complexity index is 638. The predicted molar refractivity (Wildman–Crippen MR) is 98.6 cm³/mol. The molecule has 1 N–H and O–H groups in total. The van der Waals surface area contributed by atoms with E-state index in [9.17, 15) is 9.59 Å². The fourth-order valence-electron chi connectivity index (χ4n) is 2.01. The Morgan fingerprint density at radius 2 is 2.04 bits per heavy atom. The molecule has 0 heterocycles. The Hall–Kier alpha value is -2.76. The van der Waals surface area contributed by atoms with Crippen LogP contribution in [0.1, 0.15) is 19.4 Å². The van der Waals surface area contributed by atoms with Crippen LogP contribution in [-0.2, 0) is 9.59 Å². The van der Waals surface area contributed by atoms with Gasteiger partial charge in [0.1, 0.15) is 6.61 Å². The zero-order valence-corrected chi connectivity index (χ0v) is 15.2. The van der Waals surface area contributed by atoms with E-state index < -0.39 is 0 Å². The van der Waals surface area contributed by atoms with E-state index in [4.69, 9.17) is 9.47 Å². The van der Waals surface area contributed by atoms with Crippen molar-refractivity contribution in [3.8, 4) is 11.5 Å². The summed E-state index contributed by atoms with van der Waals surface area (Å²) in [5.41, 5.74) is 0.788. The molecule has 0 bridgehead atoms. The highest BCUT2D eigenvalue weighted by atomic mass is 16.5. The summed E-state index contributed by atoms with van der Waals surface area (Å²) < 4.78 is 10.8. The molecule has 0 unspecified atom stereocenters. The molecule has 0 aliphatic rings. The van der Waals surface area contributed by atoms with E-state index in [1.807, 2.05) is 19.9 Å². The molecule has 0 saturated carbocycles. The molecule has 0 saturated heterocycles. The maximum Gasteiger partial charge on any atom is 0.246 e. The topological polar surface area (TPSA) is 67.9 Å². The van der Waals surface area contributed by atoms with Crippen LogP contribution in [0.25, 0.3) is 6.08 Å². The van der Waals surface area contributed by atoms with Gasteiger partial charge in [0.05, 0.1) is 13.7 Å². The summed E-state index contributed by atoms with van der Waals surface area (Å²) in [5, 5.41) is 2.75. The van der Waals surface area contributed by atoms with Crippen molar-refractivity contribution in [3.63, 3.8) is 0 Å². The van der Waals surface area contributed by atoms with E-state index in [0.29, 0.717) is 18.1 Å². The van der Waals surface area contributed by atoms with Gasteiger partial charge in [0.25, 0.3) is 0 Å². The van der Waals surface area contributed by atoms with Crippen LogP contribution in [0.3, 0.4) is 0 Å². The summed E-state index contributed by atoms with van der Waals surface area (Å²) in [6.07, 6.45) is 4.73. The highest BCUT2D eigenvalue weighted by Gasteiger charge is 2.11. The first-order valence-electron chi connectivity index (χ1n) is 8.01. The van der Waals surface area contributed by atoms with Crippen LogP contribution in [-0.4, -0.2) is 50.1 Å². The van der Waals surface area contributed by atoms with Gasteiger partial charge in [0.15, 0.2) is 11.5 Å². The number of nitrogens with zero attached hydrogens (tertiary/aromatic N) is 1. The minimum atomic E-state index is -0.259. The maximum atomic E-state index is 12.1. The first kappa shape index (κ1) is 20.3. The van der Waals surface area contributed by atoms with Gasteiger partial charge < -0.3 is 19.7 Å². The molecule has 1 aromatic rings. The number of hydrogen-bond acceptors (Lipinski definition) is 4. The minimum Gasteiger partial charge on any atom is -0.493 e. The third-order valence-electron chi connectivity index (χ3n) is 3.17. The lowest BCUT2D eigenvalue weighted by Gasteiger charge is -2.16. The smallest absolute Gasteiger partial charge is 0.246 e. The summed E-state index contributed by atoms with van der Waals surface area (Å²) in [6.45, 7) is 7.74. The molecule has 6 nitrogen and oxygen atoms in total. The zero-order chi connectivity index (χ0) is 18.8. The third-order valence-corrected chi connectivity index (χ3v) is 3.17. The predicted octanol–water partition coefficient (Wildman–Crippen LogP) is 2.26. The number of carbonyl (C=O) groups is 2. The van der Waals surface area contributed by atoms with Crippen molar-refractivity contribution < 1.29 is 19.1 Å². The van der Waals surface area contributed by atoms with Crippen LogP contribution in [0.15, 0.2) is 36.9 Å². The summed E-state index contributed by atoms with van der Waals surface area (Å²) in [6, 6.07) is 5.40. The van der Waals surface area contributed by atoms with Crippen molar-refractivity contribution in [2.24, 2.45) is 0 Å². The lowest BCUT2D eigenvalue weighted by molar-refractivity contribution is -0.131. The first-order chi connectivity index (χ1) is 11.9. The molecule has 136 valence electrons. The average molecular weight is 346 g/mol. The van der Waals surface area contributed by atoms with Crippen molar-refractivity contribution in [1.29, 1.82) is 0 Å². The third kappa shape index (κ3) is 7.12. The van der Waals surface area contributed by atoms with Crippen LogP contribution in [0.5, 0.6) is 11.5 Å². The molecule has 0 spiro atoms. The number of carbonyl (C=O) groups excluding carboxylic acids is 2. The van der Waals surface area contributed by atoms with Gasteiger partial charge >= 0.3 is 0 Å². The average Bonchev–Trinajstić information content (AvgIpc) is 2.57. The first-order valence-corrected chi connectivity index (χ1v) is 8.01. The molecular formula is C19H26N2O4. The normalized spacial score (nSPS) is 10.6. The molecule has 0 radical (unpaired) electrons. The molecule has 0 atom stereocenters. The zero-order valence-electron chi connectivity index (χ0n) is 15.2. The molecule has 2 amide bonds. The Labute approximate surface area is 149 Å². The highest BCUT2D eigenvalue weighted by molar-refractivity contribution is 5.94. The number of ether oxygens (including phenoxy) is 2. The van der Waals surface area contributed by atoms with Gasteiger partial charge in [-0.15, -0.1) is 0 Å². The van der Waals surface area contributed by atoms with Crippen LogP contribution in [0.4, 0.5) is 0 Å². The Kier molecular flexibility index (Phi) is 8.26. The van der Waals surface area contributed by atoms with Crippen LogP contribution < -0.4 is 14.8 Å². The van der Waals surface area contributed by atoms with Gasteiger partial charge in [0.2, 0.25) is 11.8 Å². The molecule has 0 aromatic heterocycles. The lowest BCUT2D eigenvalue weighted by Crippen LogP contribution is -2.40. The number of methoxy groups -OCH3 is 1. The monoisotopic (exact) mass is 346 g/mol. The Morgan fingerprint density at radius 1 is 1.32 bits per heavy atom. The number of benzene rings is 1. The SMILES string of the molecule is C=CCOc1ccc(/C=C/C(=O)N(C)CC(=O)NC(C)C)cc1OC. The van der Waals surface area contributed by atoms with E-state index in [2.05, 4.69) is 11.9 Å². The second-order valence-electron chi connectivity index (χ2n) is 5.76. The van der Waals surface area contributed by atoms with E-state index in [1.54, 1.807) is 38.4 Å². The van der Waals surface area contributed by atoms with Gasteiger partial charge in [-0.1, -0.05) is 18.7 Å². The second kappa shape index (κ2) is 10.2. The van der Waals surface area contributed by atoms with E-state index >= 15 is 0 Å². The molecule has 6 heteroatoms. The number of rotatable bonds is 9. The van der Waals surface area contributed by atoms with Crippen molar-refractivity contribution in [2.45, 2.75) is 19.9 Å². The Morgan fingerprint density at radius 3 is 2.64 bits per heavy atom. The molecule has 1 rings (SSSR count). The standard InChI is InChI=1S/C19H26N2O4/c1-6-11-25-16-9-7-15(12-17(16)24-5)8-10-19(23)21(4)13-18(22)20-14(2)3/h6-10,12,14H,1,11,13H2,2-5H3,(H,20,22)/b10-8+. The molecule has 0 fully saturated rings. The minimum absolute atomic E-state index is 0.0129. The summed E-state index contributed by atoms with van der Waals surface area (Å²) in [5.74, 6) is 0.726. The van der Waals surface area contributed by atoms with Crippen molar-refractivity contribution >= 4 is 17.9 Å². The summed E-state index contributed by atoms with van der Waals surface area (Å²) in [7, 11) is 3.13. The van der Waals surface area contributed by atoms with Crippen molar-refractivity contribution in [1.82, 2.24) is 10.2 Å². The highest BCUT2D eigenvalue weighted by Crippen LogP contribution is 2.28. The quantitative estimate of drug-likeness (QED) is 0.550. The van der Waals surface area contributed by atoms with Crippen LogP contribution >= 0.6 is 0 Å². The molecular weight excluding hydrogens is 320 g/mol. The molecule has 0 aliphatic heterocycles. The number of amides is 2. The van der Waals surface area contributed by atoms with Gasteiger partial charge in [0, 0.05) is 19.2 Å². The van der Waals surface area contributed by atoms with E-state index in [0.717, 1.165) is 5.56 Å². The summed E-state index contributed by atoms with van der Waals surface area (Å²) in [4.78, 5) is 25.1. The second-order valence-corrected chi connectivity index (χ2v) is 5.76. The van der Waals surface area contributed by atoms with E-state index in [-0.39, 0.29) is 24.4 Å². The fraction of sp³-hybridized carbons (Fsp3) is 0.368.